The Balaban J connectivity index is 1.41. The number of thiophene rings is 1. The fourth-order valence-electron chi connectivity index (χ4n) is 3.96. The monoisotopic (exact) mass is 389 g/mol. The van der Waals surface area contributed by atoms with Crippen LogP contribution in [-0.2, 0) is 6.54 Å². The average Bonchev–Trinajstić information content (AvgIpc) is 3.40. The lowest BCUT2D eigenvalue weighted by Gasteiger charge is -2.38. The first-order chi connectivity index (χ1) is 13.8. The normalized spacial score (nSPS) is 18.7. The van der Waals surface area contributed by atoms with E-state index < -0.39 is 0 Å². The van der Waals surface area contributed by atoms with Gasteiger partial charge in [-0.05, 0) is 41.1 Å². The molecule has 142 valence electrons. The summed E-state index contributed by atoms with van der Waals surface area (Å²) in [5.41, 5.74) is 5.93. The minimum atomic E-state index is 0.252. The van der Waals surface area contributed by atoms with Gasteiger partial charge in [-0.2, -0.15) is 11.3 Å². The van der Waals surface area contributed by atoms with Gasteiger partial charge in [0.25, 0.3) is 0 Å². The SMILES string of the molecule is CN1CCN(Cc2ccccc2)CC1c1nnn2cc(-c3ccsc3)ccc12. The van der Waals surface area contributed by atoms with Crippen LogP contribution in [0.5, 0.6) is 0 Å². The fourth-order valence-corrected chi connectivity index (χ4v) is 4.63. The highest BCUT2D eigenvalue weighted by molar-refractivity contribution is 7.08. The fraction of sp³-hybridized carbons (Fsp3) is 0.273. The van der Waals surface area contributed by atoms with Gasteiger partial charge in [0.1, 0.15) is 5.69 Å². The maximum atomic E-state index is 4.58. The number of piperazine rings is 1. The largest absolute Gasteiger partial charge is 0.296 e. The molecule has 1 aliphatic rings. The molecule has 3 aromatic heterocycles. The highest BCUT2D eigenvalue weighted by Crippen LogP contribution is 2.28. The summed E-state index contributed by atoms with van der Waals surface area (Å²) in [6.07, 6.45) is 2.08. The van der Waals surface area contributed by atoms with Crippen LogP contribution in [0.1, 0.15) is 17.3 Å². The second kappa shape index (κ2) is 7.47. The molecule has 4 heterocycles. The Labute approximate surface area is 168 Å². The molecule has 0 spiro atoms. The third kappa shape index (κ3) is 3.35. The van der Waals surface area contributed by atoms with Crippen molar-refractivity contribution in [3.05, 3.63) is 76.7 Å². The van der Waals surface area contributed by atoms with Crippen molar-refractivity contribution in [1.29, 1.82) is 0 Å². The minimum Gasteiger partial charge on any atom is -0.296 e. The maximum Gasteiger partial charge on any atom is 0.109 e. The predicted octanol–water partition coefficient (Wildman–Crippen LogP) is 3.95. The molecule has 0 radical (unpaired) electrons. The van der Waals surface area contributed by atoms with Gasteiger partial charge >= 0.3 is 0 Å². The number of hydrogen-bond acceptors (Lipinski definition) is 5. The zero-order chi connectivity index (χ0) is 18.9. The third-order valence-electron chi connectivity index (χ3n) is 5.59. The predicted molar refractivity (Wildman–Crippen MR) is 113 cm³/mol. The Morgan fingerprint density at radius 2 is 1.93 bits per heavy atom. The van der Waals surface area contributed by atoms with E-state index in [1.54, 1.807) is 11.3 Å². The lowest BCUT2D eigenvalue weighted by atomic mass is 10.1. The summed E-state index contributed by atoms with van der Waals surface area (Å²) in [6, 6.07) is 17.4. The van der Waals surface area contributed by atoms with E-state index in [1.807, 2.05) is 4.52 Å². The molecular formula is C22H23N5S. The summed E-state index contributed by atoms with van der Waals surface area (Å²) in [7, 11) is 2.19. The molecule has 0 saturated carbocycles. The molecule has 28 heavy (non-hydrogen) atoms. The molecule has 1 unspecified atom stereocenters. The Kier molecular flexibility index (Phi) is 4.68. The lowest BCUT2D eigenvalue weighted by Crippen LogP contribution is -2.46. The van der Waals surface area contributed by atoms with E-state index in [0.29, 0.717) is 0 Å². The number of pyridine rings is 1. The number of fused-ring (bicyclic) bond motifs is 1. The van der Waals surface area contributed by atoms with Crippen molar-refractivity contribution in [2.24, 2.45) is 0 Å². The third-order valence-corrected chi connectivity index (χ3v) is 6.27. The molecule has 0 aliphatic carbocycles. The topological polar surface area (TPSA) is 36.7 Å². The standard InChI is InChI=1S/C22H23N5S/c1-25-10-11-26(13-17-5-3-2-4-6-17)15-21(25)22-20-8-7-18(14-27(20)24-23-22)19-9-12-28-16-19/h2-9,12,14,16,21H,10-11,13,15H2,1H3. The van der Waals surface area contributed by atoms with Crippen LogP contribution in [0.4, 0.5) is 0 Å². The second-order valence-corrected chi connectivity index (χ2v) is 8.23. The highest BCUT2D eigenvalue weighted by atomic mass is 32.1. The Bertz CT molecular complexity index is 1060. The molecule has 5 nitrogen and oxygen atoms in total. The van der Waals surface area contributed by atoms with Gasteiger partial charge in [-0.25, -0.2) is 4.52 Å². The second-order valence-electron chi connectivity index (χ2n) is 7.45. The molecule has 4 aromatic rings. The molecule has 1 aliphatic heterocycles. The highest BCUT2D eigenvalue weighted by Gasteiger charge is 2.29. The van der Waals surface area contributed by atoms with E-state index in [2.05, 4.69) is 92.6 Å². The van der Waals surface area contributed by atoms with E-state index in [1.165, 1.54) is 16.7 Å². The van der Waals surface area contributed by atoms with Crippen molar-refractivity contribution in [3.8, 4) is 11.1 Å². The molecule has 1 fully saturated rings. The van der Waals surface area contributed by atoms with Crippen molar-refractivity contribution in [2.45, 2.75) is 12.6 Å². The van der Waals surface area contributed by atoms with Gasteiger partial charge in [0, 0.05) is 37.9 Å². The zero-order valence-electron chi connectivity index (χ0n) is 15.9. The van der Waals surface area contributed by atoms with Crippen LogP contribution in [-0.4, -0.2) is 51.3 Å². The number of rotatable bonds is 4. The van der Waals surface area contributed by atoms with Gasteiger partial charge in [0.05, 0.1) is 11.6 Å². The molecule has 5 rings (SSSR count). The maximum absolute atomic E-state index is 4.58. The Morgan fingerprint density at radius 1 is 1.04 bits per heavy atom. The number of likely N-dealkylation sites (N-methyl/N-ethyl adjacent to an activating group) is 1. The number of hydrogen-bond donors (Lipinski definition) is 0. The lowest BCUT2D eigenvalue weighted by molar-refractivity contribution is 0.0889. The summed E-state index contributed by atoms with van der Waals surface area (Å²) in [4.78, 5) is 4.92. The Morgan fingerprint density at radius 3 is 2.75 bits per heavy atom. The summed E-state index contributed by atoms with van der Waals surface area (Å²) in [5.74, 6) is 0. The first-order valence-corrected chi connectivity index (χ1v) is 10.6. The summed E-state index contributed by atoms with van der Waals surface area (Å²) >= 11 is 1.71. The molecule has 1 saturated heterocycles. The van der Waals surface area contributed by atoms with Crippen molar-refractivity contribution < 1.29 is 0 Å². The van der Waals surface area contributed by atoms with Gasteiger partial charge in [-0.3, -0.25) is 9.80 Å². The van der Waals surface area contributed by atoms with Gasteiger partial charge < -0.3 is 0 Å². The van der Waals surface area contributed by atoms with Crippen LogP contribution in [0, 0.1) is 0 Å². The van der Waals surface area contributed by atoms with E-state index in [0.717, 1.165) is 37.4 Å². The smallest absolute Gasteiger partial charge is 0.109 e. The minimum absolute atomic E-state index is 0.252. The first-order valence-electron chi connectivity index (χ1n) is 9.62. The van der Waals surface area contributed by atoms with Crippen LogP contribution >= 0.6 is 11.3 Å². The molecule has 0 amide bonds. The summed E-state index contributed by atoms with van der Waals surface area (Å²) < 4.78 is 1.92. The van der Waals surface area contributed by atoms with E-state index in [4.69, 9.17) is 0 Å². The Hall–Kier alpha value is -2.54. The van der Waals surface area contributed by atoms with Crippen LogP contribution in [0.25, 0.3) is 16.6 Å². The number of aromatic nitrogens is 3. The zero-order valence-corrected chi connectivity index (χ0v) is 16.7. The van der Waals surface area contributed by atoms with Crippen molar-refractivity contribution in [2.75, 3.05) is 26.7 Å². The summed E-state index contributed by atoms with van der Waals surface area (Å²) in [6.45, 7) is 4.05. The van der Waals surface area contributed by atoms with Crippen LogP contribution in [0.15, 0.2) is 65.5 Å². The quantitative estimate of drug-likeness (QED) is 0.530. The first kappa shape index (κ1) is 17.6. The molecular weight excluding hydrogens is 366 g/mol. The number of benzene rings is 1. The molecule has 1 atom stereocenters. The van der Waals surface area contributed by atoms with E-state index in [9.17, 15) is 0 Å². The summed E-state index contributed by atoms with van der Waals surface area (Å²) in [5, 5.41) is 13.3. The van der Waals surface area contributed by atoms with Gasteiger partial charge in [0.2, 0.25) is 0 Å². The average molecular weight is 390 g/mol. The van der Waals surface area contributed by atoms with Crippen LogP contribution in [0.3, 0.4) is 0 Å². The van der Waals surface area contributed by atoms with Gasteiger partial charge in [-0.15, -0.1) is 5.10 Å². The number of nitrogens with zero attached hydrogens (tertiary/aromatic N) is 5. The van der Waals surface area contributed by atoms with E-state index in [-0.39, 0.29) is 6.04 Å². The van der Waals surface area contributed by atoms with Crippen LogP contribution in [0.2, 0.25) is 0 Å². The van der Waals surface area contributed by atoms with Gasteiger partial charge in [0.15, 0.2) is 0 Å². The molecule has 6 heteroatoms. The van der Waals surface area contributed by atoms with Crippen molar-refractivity contribution >= 4 is 16.9 Å². The van der Waals surface area contributed by atoms with Crippen molar-refractivity contribution in [1.82, 2.24) is 24.6 Å². The van der Waals surface area contributed by atoms with Crippen LogP contribution < -0.4 is 0 Å². The van der Waals surface area contributed by atoms with E-state index >= 15 is 0 Å². The van der Waals surface area contributed by atoms with Gasteiger partial charge in [-0.1, -0.05) is 41.6 Å². The molecule has 1 aromatic carbocycles. The molecule has 0 bridgehead atoms. The van der Waals surface area contributed by atoms with Crippen molar-refractivity contribution in [3.63, 3.8) is 0 Å². The molecule has 0 N–H and O–H groups in total.